The molecule has 3 fully saturated rings. The van der Waals surface area contributed by atoms with E-state index in [1.165, 1.54) is 17.6 Å². The minimum Gasteiger partial charge on any atom is -0.495 e. The van der Waals surface area contributed by atoms with Crippen molar-refractivity contribution in [1.82, 2.24) is 14.9 Å². The number of rotatable bonds is 6. The summed E-state index contributed by atoms with van der Waals surface area (Å²) in [6.45, 7) is 4.00. The van der Waals surface area contributed by atoms with E-state index in [2.05, 4.69) is 32.3 Å². The predicted molar refractivity (Wildman–Crippen MR) is 141 cm³/mol. The summed E-state index contributed by atoms with van der Waals surface area (Å²) in [5, 5.41) is 4.83. The van der Waals surface area contributed by atoms with Gasteiger partial charge in [0.1, 0.15) is 17.2 Å². The van der Waals surface area contributed by atoms with Crippen LogP contribution in [0.3, 0.4) is 0 Å². The number of hydrogen-bond acceptors (Lipinski definition) is 5. The molecule has 0 spiro atoms. The zero-order valence-electron chi connectivity index (χ0n) is 20.9. The Kier molecular flexibility index (Phi) is 6.80. The number of hydrogen-bond donors (Lipinski definition) is 2. The molecule has 2 N–H and O–H groups in total. The third-order valence-electron chi connectivity index (χ3n) is 7.83. The number of alkyl halides is 3. The minimum absolute atomic E-state index is 0.141. The maximum absolute atomic E-state index is 13.6. The van der Waals surface area contributed by atoms with Crippen molar-refractivity contribution in [2.75, 3.05) is 51.1 Å². The van der Waals surface area contributed by atoms with E-state index >= 15 is 0 Å². The van der Waals surface area contributed by atoms with Crippen molar-refractivity contribution >= 4 is 35.8 Å². The lowest BCUT2D eigenvalue weighted by atomic mass is 10.0. The maximum Gasteiger partial charge on any atom is 0.418 e. The average molecular weight is 533 g/mol. The molecule has 0 unspecified atom stereocenters. The van der Waals surface area contributed by atoms with E-state index in [0.29, 0.717) is 17.4 Å². The maximum atomic E-state index is 13.6. The number of ether oxygens (including phenoxy) is 2. The smallest absolute Gasteiger partial charge is 0.418 e. The molecule has 2 saturated heterocycles. The summed E-state index contributed by atoms with van der Waals surface area (Å²) in [5.74, 6) is 1.39. The summed E-state index contributed by atoms with van der Waals surface area (Å²) < 4.78 is 52.0. The lowest BCUT2D eigenvalue weighted by Crippen LogP contribution is -2.45. The standard InChI is InChI=1S/C27H32F3N4O2P/c1-35-23-14-19(37-12-8-34(9-13-37)18-6-10-36-11-7-18)4-5-22(23)32-24-15-20(17-2-3-17)25-21(27(28,29)30)16-31-26(25)33-24/h4-5,14-18H,2-3,6-13H2,1H3,(H2,31,32,33). The molecule has 1 saturated carbocycles. The summed E-state index contributed by atoms with van der Waals surface area (Å²) in [6, 6.07) is 8.72. The van der Waals surface area contributed by atoms with Gasteiger partial charge in [0, 0.05) is 43.9 Å². The fraction of sp³-hybridized carbons (Fsp3) is 0.519. The van der Waals surface area contributed by atoms with Crippen molar-refractivity contribution in [2.24, 2.45) is 0 Å². The number of H-pyrrole nitrogens is 1. The Labute approximate surface area is 215 Å². The van der Waals surface area contributed by atoms with Gasteiger partial charge in [0.05, 0.1) is 18.4 Å². The number of anilines is 2. The molecule has 1 aliphatic carbocycles. The van der Waals surface area contributed by atoms with E-state index in [4.69, 9.17) is 9.47 Å². The second-order valence-corrected chi connectivity index (χ2v) is 12.7. The van der Waals surface area contributed by atoms with Gasteiger partial charge in [0.15, 0.2) is 0 Å². The molecular weight excluding hydrogens is 500 g/mol. The zero-order chi connectivity index (χ0) is 25.6. The number of nitrogens with one attached hydrogen (secondary N) is 2. The second-order valence-electron chi connectivity index (χ2n) is 10.2. The van der Waals surface area contributed by atoms with Crippen LogP contribution in [0, 0.1) is 0 Å². The highest BCUT2D eigenvalue weighted by atomic mass is 31.1. The van der Waals surface area contributed by atoms with Crippen LogP contribution in [0.2, 0.25) is 0 Å². The molecule has 198 valence electrons. The van der Waals surface area contributed by atoms with Crippen LogP contribution in [0.15, 0.2) is 30.5 Å². The Morgan fingerprint density at radius 1 is 1.11 bits per heavy atom. The zero-order valence-corrected chi connectivity index (χ0v) is 21.8. The molecule has 0 bridgehead atoms. The molecule has 0 amide bonds. The third-order valence-corrected chi connectivity index (χ3v) is 10.3. The first-order chi connectivity index (χ1) is 17.9. The highest BCUT2D eigenvalue weighted by Crippen LogP contribution is 2.47. The predicted octanol–water partition coefficient (Wildman–Crippen LogP) is 5.81. The Hall–Kier alpha value is -2.35. The molecule has 4 heterocycles. The van der Waals surface area contributed by atoms with E-state index in [9.17, 15) is 13.2 Å². The van der Waals surface area contributed by atoms with Crippen LogP contribution in [0.4, 0.5) is 24.7 Å². The highest BCUT2D eigenvalue weighted by molar-refractivity contribution is 7.65. The number of halogens is 3. The van der Waals surface area contributed by atoms with Gasteiger partial charge < -0.3 is 19.8 Å². The highest BCUT2D eigenvalue weighted by Gasteiger charge is 2.37. The monoisotopic (exact) mass is 532 g/mol. The van der Waals surface area contributed by atoms with Gasteiger partial charge in [0.2, 0.25) is 0 Å². The van der Waals surface area contributed by atoms with E-state index in [0.717, 1.165) is 69.6 Å². The van der Waals surface area contributed by atoms with E-state index in [-0.39, 0.29) is 24.9 Å². The van der Waals surface area contributed by atoms with Crippen molar-refractivity contribution in [3.05, 3.63) is 41.6 Å². The van der Waals surface area contributed by atoms with Crippen LogP contribution in [0.1, 0.15) is 42.7 Å². The Bertz CT molecular complexity index is 1260. The van der Waals surface area contributed by atoms with Crippen LogP contribution in [-0.4, -0.2) is 66.6 Å². The van der Waals surface area contributed by atoms with Gasteiger partial charge in [-0.2, -0.15) is 13.2 Å². The summed E-state index contributed by atoms with van der Waals surface area (Å²) in [7, 11) is 1.40. The van der Waals surface area contributed by atoms with Crippen LogP contribution >= 0.6 is 7.92 Å². The Morgan fingerprint density at radius 2 is 1.86 bits per heavy atom. The molecule has 6 nitrogen and oxygen atoms in total. The number of pyridine rings is 1. The van der Waals surface area contributed by atoms with Gasteiger partial charge >= 0.3 is 6.18 Å². The topological polar surface area (TPSA) is 62.4 Å². The number of aromatic nitrogens is 2. The normalized spacial score (nSPS) is 20.4. The van der Waals surface area contributed by atoms with Crippen molar-refractivity contribution < 1.29 is 22.6 Å². The van der Waals surface area contributed by atoms with Gasteiger partial charge in [-0.25, -0.2) is 4.98 Å². The molecule has 3 aromatic rings. The Morgan fingerprint density at radius 3 is 2.54 bits per heavy atom. The molecule has 3 aliphatic rings. The number of fused-ring (bicyclic) bond motifs is 1. The van der Waals surface area contributed by atoms with Gasteiger partial charge in [0.25, 0.3) is 0 Å². The van der Waals surface area contributed by atoms with Crippen LogP contribution in [0.25, 0.3) is 11.0 Å². The SMILES string of the molecule is COc1cc(P2CCN(C3CCOCC3)CC2)ccc1Nc1cc(C2CC2)c2c(C(F)(F)F)c[nH]c2n1. The van der Waals surface area contributed by atoms with E-state index < -0.39 is 11.7 Å². The number of aromatic amines is 1. The van der Waals surface area contributed by atoms with Crippen LogP contribution in [0.5, 0.6) is 5.75 Å². The molecule has 6 rings (SSSR count). The molecule has 2 aliphatic heterocycles. The molecule has 0 atom stereocenters. The quantitative estimate of drug-likeness (QED) is 0.392. The summed E-state index contributed by atoms with van der Waals surface area (Å²) in [6.07, 6.45) is 3.03. The largest absolute Gasteiger partial charge is 0.495 e. The number of methoxy groups -OCH3 is 1. The lowest BCUT2D eigenvalue weighted by Gasteiger charge is -2.39. The van der Waals surface area contributed by atoms with Crippen LogP contribution in [-0.2, 0) is 10.9 Å². The van der Waals surface area contributed by atoms with Gasteiger partial charge in [-0.1, -0.05) is 14.0 Å². The number of nitrogens with zero attached hydrogens (tertiary/aromatic N) is 2. The number of benzene rings is 1. The summed E-state index contributed by atoms with van der Waals surface area (Å²) in [5.41, 5.74) is 1.08. The molecule has 10 heteroatoms. The average Bonchev–Trinajstić information content (AvgIpc) is 3.66. The Balaban J connectivity index is 1.21. The summed E-state index contributed by atoms with van der Waals surface area (Å²) in [4.78, 5) is 9.86. The van der Waals surface area contributed by atoms with Crippen molar-refractivity contribution in [3.63, 3.8) is 0 Å². The van der Waals surface area contributed by atoms with Crippen molar-refractivity contribution in [2.45, 2.75) is 43.8 Å². The van der Waals surface area contributed by atoms with E-state index in [1.807, 2.05) is 6.07 Å². The van der Waals surface area contributed by atoms with Crippen molar-refractivity contribution in [3.8, 4) is 5.75 Å². The second kappa shape index (κ2) is 10.1. The molecule has 0 radical (unpaired) electrons. The third kappa shape index (κ3) is 5.18. The minimum atomic E-state index is -4.42. The van der Waals surface area contributed by atoms with Gasteiger partial charge in [-0.15, -0.1) is 0 Å². The summed E-state index contributed by atoms with van der Waals surface area (Å²) >= 11 is 0. The molecule has 37 heavy (non-hydrogen) atoms. The fourth-order valence-electron chi connectivity index (χ4n) is 5.68. The van der Waals surface area contributed by atoms with Crippen LogP contribution < -0.4 is 15.4 Å². The first-order valence-electron chi connectivity index (χ1n) is 13.0. The first kappa shape index (κ1) is 25.0. The molecular formula is C27H32F3N4O2P. The van der Waals surface area contributed by atoms with Crippen molar-refractivity contribution in [1.29, 1.82) is 0 Å². The van der Waals surface area contributed by atoms with Gasteiger partial charge in [-0.3, -0.25) is 4.90 Å². The molecule has 2 aromatic heterocycles. The fourth-order valence-corrected chi connectivity index (χ4v) is 8.00. The van der Waals surface area contributed by atoms with E-state index in [1.54, 1.807) is 13.2 Å². The first-order valence-corrected chi connectivity index (χ1v) is 14.7. The lowest BCUT2D eigenvalue weighted by molar-refractivity contribution is -0.136. The van der Waals surface area contributed by atoms with Gasteiger partial charge in [-0.05, 0) is 73.0 Å². The molecule has 1 aromatic carbocycles.